The van der Waals surface area contributed by atoms with Gasteiger partial charge in [-0.15, -0.1) is 0 Å². The van der Waals surface area contributed by atoms with E-state index in [0.717, 1.165) is 63.9 Å². The van der Waals surface area contributed by atoms with Crippen LogP contribution in [0.5, 0.6) is 0 Å². The maximum absolute atomic E-state index is 14.0. The first-order valence-electron chi connectivity index (χ1n) is 13.0. The highest BCUT2D eigenvalue weighted by molar-refractivity contribution is 5.84. The number of pyridine rings is 1. The van der Waals surface area contributed by atoms with Gasteiger partial charge in [0, 0.05) is 56.0 Å². The van der Waals surface area contributed by atoms with Gasteiger partial charge < -0.3 is 15.0 Å². The van der Waals surface area contributed by atoms with E-state index >= 15 is 0 Å². The molecule has 5 atom stereocenters. The van der Waals surface area contributed by atoms with Crippen molar-refractivity contribution in [2.24, 2.45) is 23.2 Å². The Labute approximate surface area is 198 Å². The van der Waals surface area contributed by atoms with E-state index in [1.165, 1.54) is 18.9 Å². The Morgan fingerprint density at radius 2 is 2.09 bits per heavy atom. The summed E-state index contributed by atoms with van der Waals surface area (Å²) < 4.78 is 45.4. The van der Waals surface area contributed by atoms with Gasteiger partial charge in [-0.2, -0.15) is 13.2 Å². The minimum Gasteiger partial charge on any atom is -0.381 e. The molecule has 186 valence electrons. The Kier molecular flexibility index (Phi) is 5.67. The summed E-state index contributed by atoms with van der Waals surface area (Å²) in [5.74, 6) is 1.92. The van der Waals surface area contributed by atoms with Crippen molar-refractivity contribution in [1.29, 1.82) is 0 Å². The number of fused-ring (bicyclic) bond motifs is 2. The van der Waals surface area contributed by atoms with Crippen LogP contribution < -0.4 is 5.32 Å². The number of hydrogen-bond donors (Lipinski definition) is 1. The van der Waals surface area contributed by atoms with Crippen molar-refractivity contribution < 1.29 is 22.7 Å². The number of alkyl halides is 3. The molecule has 4 fully saturated rings. The highest BCUT2D eigenvalue weighted by Crippen LogP contribution is 2.56. The largest absolute Gasteiger partial charge is 0.417 e. The molecule has 0 bridgehead atoms. The number of halogens is 3. The van der Waals surface area contributed by atoms with E-state index < -0.39 is 11.7 Å². The summed E-state index contributed by atoms with van der Waals surface area (Å²) in [7, 11) is 0. The second-order valence-corrected chi connectivity index (χ2v) is 11.3. The average Bonchev–Trinajstić information content (AvgIpc) is 3.50. The molecule has 0 radical (unpaired) electrons. The van der Waals surface area contributed by atoms with Crippen LogP contribution in [0.3, 0.4) is 0 Å². The van der Waals surface area contributed by atoms with Crippen LogP contribution in [0.2, 0.25) is 0 Å². The molecule has 34 heavy (non-hydrogen) atoms. The molecule has 5 aliphatic rings. The second kappa shape index (κ2) is 8.47. The highest BCUT2D eigenvalue weighted by atomic mass is 19.4. The molecule has 3 saturated carbocycles. The predicted octanol–water partition coefficient (Wildman–Crippen LogP) is 4.34. The van der Waals surface area contributed by atoms with E-state index in [1.807, 2.05) is 4.90 Å². The summed E-state index contributed by atoms with van der Waals surface area (Å²) in [6.45, 7) is 2.44. The Hall–Kier alpha value is -1.67. The van der Waals surface area contributed by atoms with Crippen molar-refractivity contribution in [3.05, 3.63) is 29.1 Å². The summed E-state index contributed by atoms with van der Waals surface area (Å²) in [6.07, 6.45) is 5.61. The van der Waals surface area contributed by atoms with Crippen molar-refractivity contribution in [2.75, 3.05) is 19.8 Å². The van der Waals surface area contributed by atoms with Gasteiger partial charge in [-0.1, -0.05) is 6.42 Å². The number of rotatable bonds is 4. The topological polar surface area (TPSA) is 54.5 Å². The lowest BCUT2D eigenvalue weighted by molar-refractivity contribution is -0.144. The van der Waals surface area contributed by atoms with Crippen molar-refractivity contribution in [2.45, 2.75) is 82.6 Å². The van der Waals surface area contributed by atoms with Gasteiger partial charge in [-0.05, 0) is 68.4 Å². The third-order valence-electron chi connectivity index (χ3n) is 9.29. The fourth-order valence-electron chi connectivity index (χ4n) is 7.45. The van der Waals surface area contributed by atoms with Crippen molar-refractivity contribution in [3.8, 4) is 0 Å². The van der Waals surface area contributed by atoms with E-state index in [4.69, 9.17) is 4.74 Å². The molecule has 0 aromatic carbocycles. The number of ether oxygens (including phenoxy) is 1. The van der Waals surface area contributed by atoms with E-state index in [1.54, 1.807) is 0 Å². The van der Waals surface area contributed by atoms with Crippen LogP contribution in [0.4, 0.5) is 13.2 Å². The first-order chi connectivity index (χ1) is 16.3. The third-order valence-corrected chi connectivity index (χ3v) is 9.29. The molecule has 1 aromatic heterocycles. The van der Waals surface area contributed by atoms with Crippen LogP contribution in [0.25, 0.3) is 0 Å². The van der Waals surface area contributed by atoms with Crippen molar-refractivity contribution in [1.82, 2.24) is 15.2 Å². The van der Waals surface area contributed by atoms with E-state index in [9.17, 15) is 18.0 Å². The number of carbonyl (C=O) groups is 1. The van der Waals surface area contributed by atoms with Crippen LogP contribution >= 0.6 is 0 Å². The average molecular weight is 478 g/mol. The maximum Gasteiger partial charge on any atom is 0.417 e. The zero-order valence-electron chi connectivity index (χ0n) is 19.6. The van der Waals surface area contributed by atoms with E-state index in [2.05, 4.69) is 10.3 Å². The molecule has 8 heteroatoms. The van der Waals surface area contributed by atoms with Gasteiger partial charge >= 0.3 is 6.18 Å². The zero-order valence-corrected chi connectivity index (χ0v) is 19.6. The molecule has 5 nitrogen and oxygen atoms in total. The van der Waals surface area contributed by atoms with E-state index in [0.29, 0.717) is 48.1 Å². The van der Waals surface area contributed by atoms with Crippen molar-refractivity contribution in [3.63, 3.8) is 0 Å². The van der Waals surface area contributed by atoms with Gasteiger partial charge in [0.05, 0.1) is 17.6 Å². The molecule has 1 aromatic rings. The number of amides is 1. The molecule has 1 amide bonds. The lowest BCUT2D eigenvalue weighted by Gasteiger charge is -2.38. The summed E-state index contributed by atoms with van der Waals surface area (Å²) in [5, 5.41) is 3.95. The first-order valence-corrected chi connectivity index (χ1v) is 13.0. The second-order valence-electron chi connectivity index (χ2n) is 11.3. The van der Waals surface area contributed by atoms with Crippen molar-refractivity contribution >= 4 is 5.91 Å². The van der Waals surface area contributed by atoms with Gasteiger partial charge in [0.25, 0.3) is 0 Å². The summed E-state index contributed by atoms with van der Waals surface area (Å²) in [5.41, 5.74) is 0.144. The fraction of sp³-hybridized carbons (Fsp3) is 0.769. The molecule has 1 unspecified atom stereocenters. The van der Waals surface area contributed by atoms with Gasteiger partial charge in [-0.3, -0.25) is 9.78 Å². The summed E-state index contributed by atoms with van der Waals surface area (Å²) in [4.78, 5) is 19.8. The van der Waals surface area contributed by atoms with Crippen LogP contribution in [0.15, 0.2) is 12.3 Å². The fourth-order valence-corrected chi connectivity index (χ4v) is 7.45. The third kappa shape index (κ3) is 4.04. The highest BCUT2D eigenvalue weighted by Gasteiger charge is 2.56. The number of nitrogens with one attached hydrogen (secondary N) is 1. The quantitative estimate of drug-likeness (QED) is 0.701. The van der Waals surface area contributed by atoms with Gasteiger partial charge in [0.15, 0.2) is 0 Å². The molecular weight excluding hydrogens is 443 g/mol. The Morgan fingerprint density at radius 1 is 1.24 bits per heavy atom. The molecule has 1 saturated heterocycles. The van der Waals surface area contributed by atoms with Gasteiger partial charge in [-0.25, -0.2) is 0 Å². The SMILES string of the molecule is O=C(N1CCc2ncc(C(F)(F)F)cc2C1)[C@@]12CCC[C@@H]1C[C@@H](NC1CCOC[C@@H]1C1CC1)C2. The zero-order chi connectivity index (χ0) is 23.5. The maximum atomic E-state index is 14.0. The van der Waals surface area contributed by atoms with Crippen LogP contribution in [0.1, 0.15) is 68.2 Å². The monoisotopic (exact) mass is 477 g/mol. The molecule has 1 N–H and O–H groups in total. The Balaban J connectivity index is 1.17. The summed E-state index contributed by atoms with van der Waals surface area (Å²) >= 11 is 0. The normalized spacial score (nSPS) is 35.8. The molecule has 3 aliphatic carbocycles. The molecule has 2 aliphatic heterocycles. The number of aromatic nitrogens is 1. The van der Waals surface area contributed by atoms with Crippen LogP contribution in [-0.2, 0) is 28.7 Å². The first kappa shape index (κ1) is 22.8. The number of nitrogens with zero attached hydrogens (tertiary/aromatic N) is 2. The number of hydrogen-bond acceptors (Lipinski definition) is 4. The van der Waals surface area contributed by atoms with E-state index in [-0.39, 0.29) is 17.9 Å². The molecule has 0 spiro atoms. The predicted molar refractivity (Wildman–Crippen MR) is 120 cm³/mol. The lowest BCUT2D eigenvalue weighted by atomic mass is 9.78. The lowest BCUT2D eigenvalue weighted by Crippen LogP contribution is -2.49. The number of carbonyl (C=O) groups excluding carboxylic acids is 1. The minimum absolute atomic E-state index is 0.160. The smallest absolute Gasteiger partial charge is 0.381 e. The molecular formula is C26H34F3N3O2. The van der Waals surface area contributed by atoms with Gasteiger partial charge in [0.2, 0.25) is 5.91 Å². The Bertz CT molecular complexity index is 950. The standard InChI is InChI=1S/C26H34F3N3O2/c27-26(28,29)19-10-17-14-32(8-5-22(17)30-13-19)24(33)25-7-1-2-18(25)11-20(12-25)31-23-6-9-34-15-21(23)16-3-4-16/h10,13,16,18,20-21,23,31H,1-9,11-12,14-15H2/t18-,20-,21-,23?,25-/m1/s1. The molecule has 6 rings (SSSR count). The van der Waals surface area contributed by atoms with Gasteiger partial charge in [0.1, 0.15) is 0 Å². The minimum atomic E-state index is -4.42. The van der Waals surface area contributed by atoms with Crippen LogP contribution in [-0.4, -0.2) is 47.6 Å². The Morgan fingerprint density at radius 3 is 2.88 bits per heavy atom. The summed E-state index contributed by atoms with van der Waals surface area (Å²) in [6, 6.07) is 2.01. The van der Waals surface area contributed by atoms with Crippen LogP contribution in [0, 0.1) is 23.2 Å². The molecule has 3 heterocycles.